The molecule has 20 rings (SSSR count). The molecule has 14 aromatic carbocycles. The molecule has 2 unspecified atom stereocenters. The first-order valence-electron chi connectivity index (χ1n) is 33.3. The minimum Gasteiger partial charge on any atom is -0.456 e. The highest BCUT2D eigenvalue weighted by molar-refractivity contribution is 6.13. The van der Waals surface area contributed by atoms with Crippen LogP contribution < -0.4 is 14.8 Å². The van der Waals surface area contributed by atoms with Crippen LogP contribution >= 0.6 is 0 Å². The summed E-state index contributed by atoms with van der Waals surface area (Å²) in [7, 11) is 0. The maximum absolute atomic E-state index is 7.25. The molecule has 1 aromatic heterocycles. The number of nitrogens with zero attached hydrogens (tertiary/aromatic N) is 5. The van der Waals surface area contributed by atoms with Crippen molar-refractivity contribution in [3.8, 4) is 102 Å². The highest BCUT2D eigenvalue weighted by atomic mass is 16.5. The Morgan fingerprint density at radius 2 is 0.755 bits per heavy atom. The van der Waals surface area contributed by atoms with E-state index in [1.807, 2.05) is 48.5 Å². The molecular weight excluding hydrogens is 1200 g/mol. The number of aliphatic imine (C=N–C) groups is 2. The van der Waals surface area contributed by atoms with Crippen LogP contribution in [-0.4, -0.2) is 26.6 Å². The van der Waals surface area contributed by atoms with Crippen molar-refractivity contribution in [1.82, 2.24) is 20.3 Å². The fourth-order valence-electron chi connectivity index (χ4n) is 16.3. The number of para-hydroxylation sites is 4. The molecule has 458 valence electrons. The van der Waals surface area contributed by atoms with Crippen LogP contribution in [0, 0.1) is 0 Å². The topological polar surface area (TPSA) is 93.9 Å². The number of hydrogen-bond acceptors (Lipinski definition) is 8. The lowest BCUT2D eigenvalue weighted by Crippen LogP contribution is -2.36. The Labute approximate surface area is 566 Å². The summed E-state index contributed by atoms with van der Waals surface area (Å²) < 4.78 is 14.4. The smallest absolute Gasteiger partial charge is 0.167 e. The maximum atomic E-state index is 7.25. The van der Waals surface area contributed by atoms with Crippen LogP contribution in [-0.2, 0) is 10.8 Å². The minimum absolute atomic E-state index is 0.527. The molecule has 0 saturated heterocycles. The summed E-state index contributed by atoms with van der Waals surface area (Å²) in [5.74, 6) is 6.16. The van der Waals surface area contributed by atoms with Crippen molar-refractivity contribution in [2.75, 3.05) is 0 Å². The van der Waals surface area contributed by atoms with Gasteiger partial charge in [0, 0.05) is 50.1 Å². The van der Waals surface area contributed by atoms with Gasteiger partial charge in [0.2, 0.25) is 0 Å². The Bertz CT molecular complexity index is 5840. The van der Waals surface area contributed by atoms with Gasteiger partial charge in [0.25, 0.3) is 0 Å². The molecule has 4 heterocycles. The van der Waals surface area contributed by atoms with E-state index in [9.17, 15) is 0 Å². The van der Waals surface area contributed by atoms with Crippen LogP contribution in [0.5, 0.6) is 23.0 Å². The number of fused-ring (bicyclic) bond motifs is 19. The first-order valence-corrected chi connectivity index (χ1v) is 33.3. The highest BCUT2D eigenvalue weighted by Crippen LogP contribution is 2.66. The maximum Gasteiger partial charge on any atom is 0.167 e. The Hall–Kier alpha value is -12.9. The largest absolute Gasteiger partial charge is 0.456 e. The first-order chi connectivity index (χ1) is 48.6. The summed E-state index contributed by atoms with van der Waals surface area (Å²) in [6.45, 7) is 0. The molecule has 2 atom stereocenters. The molecule has 5 aliphatic rings. The van der Waals surface area contributed by atoms with E-state index in [4.69, 9.17) is 34.4 Å². The standard InChI is InChI=1S/C90H56N6O2/c1-3-24-57(25-4-1)83-91-85(95-87(93-83)68-35-21-43-76-81(68)97-78-45-17-15-40-73(78)89(76)70-37-12-9-31-65(70)66-32-10-13-38-71(66)89)59-50-47-56(48-51-59)61-29-19-30-62(53-61)64-34-20-42-75-80(64)67-33-11-14-39-72(67)90(75)74-41-16-18-46-79(74)98-82-69(36-22-44-77(82)90)88-94-84(58-26-5-2-6-27-58)92-86(96-88)63-52-49-55-23-7-8-28-60(55)54-63/h1-54,87H,(H,91,93,95). The SMILES string of the molecule is c1ccc(C2=NC(c3cccc4c3Oc3ccccc3C43c4ccccc4-c4ccccc43)NC(c3ccc(-c4cccc(-c5cccc6c5-c5ccccc5C65c6ccccc6Oc6c(-c7nc(-c8ccccc8)nc(-c8ccc9ccccc9c8)n7)cccc65)c4)cc3)=N2)cc1. The molecule has 1 N–H and O–H groups in total. The van der Waals surface area contributed by atoms with Gasteiger partial charge in [-0.3, -0.25) is 0 Å². The Balaban J connectivity index is 0.676. The highest BCUT2D eigenvalue weighted by Gasteiger charge is 2.54. The third kappa shape index (κ3) is 8.28. The summed E-state index contributed by atoms with van der Waals surface area (Å²) in [4.78, 5) is 26.5. The van der Waals surface area contributed by atoms with Crippen molar-refractivity contribution in [1.29, 1.82) is 0 Å². The second-order valence-electron chi connectivity index (χ2n) is 25.7. The van der Waals surface area contributed by atoms with Crippen LogP contribution in [0.3, 0.4) is 0 Å². The third-order valence-corrected chi connectivity index (χ3v) is 20.5. The number of nitrogens with one attached hydrogen (secondary N) is 1. The van der Waals surface area contributed by atoms with Crippen LogP contribution in [0.1, 0.15) is 67.4 Å². The fourth-order valence-corrected chi connectivity index (χ4v) is 16.3. The predicted molar refractivity (Wildman–Crippen MR) is 391 cm³/mol. The molecule has 8 heteroatoms. The summed E-state index contributed by atoms with van der Waals surface area (Å²) in [6.07, 6.45) is -0.543. The lowest BCUT2D eigenvalue weighted by atomic mass is 9.65. The van der Waals surface area contributed by atoms with E-state index < -0.39 is 17.0 Å². The first kappa shape index (κ1) is 55.5. The zero-order chi connectivity index (χ0) is 64.5. The number of ether oxygens (including phenoxy) is 2. The monoisotopic (exact) mass is 1250 g/mol. The molecule has 3 aliphatic heterocycles. The van der Waals surface area contributed by atoms with Crippen molar-refractivity contribution in [2.45, 2.75) is 17.0 Å². The molecule has 98 heavy (non-hydrogen) atoms. The second kappa shape index (κ2) is 21.8. The summed E-state index contributed by atoms with van der Waals surface area (Å²) in [6, 6.07) is 116. The fraction of sp³-hybridized carbons (Fsp3) is 0.0333. The van der Waals surface area contributed by atoms with Gasteiger partial charge in [0.05, 0.1) is 16.4 Å². The lowest BCUT2D eigenvalue weighted by Gasteiger charge is -2.40. The zero-order valence-corrected chi connectivity index (χ0v) is 52.8. The van der Waals surface area contributed by atoms with E-state index in [1.54, 1.807) is 0 Å². The van der Waals surface area contributed by atoms with E-state index in [0.29, 0.717) is 29.1 Å². The van der Waals surface area contributed by atoms with Crippen molar-refractivity contribution >= 4 is 22.4 Å². The van der Waals surface area contributed by atoms with E-state index in [1.165, 1.54) is 44.5 Å². The van der Waals surface area contributed by atoms with Crippen molar-refractivity contribution < 1.29 is 9.47 Å². The predicted octanol–water partition coefficient (Wildman–Crippen LogP) is 20.8. The van der Waals surface area contributed by atoms with Crippen molar-refractivity contribution in [3.63, 3.8) is 0 Å². The Morgan fingerprint density at radius 1 is 0.286 bits per heavy atom. The van der Waals surface area contributed by atoms with Crippen LogP contribution in [0.2, 0.25) is 0 Å². The van der Waals surface area contributed by atoms with Crippen LogP contribution in [0.15, 0.2) is 338 Å². The van der Waals surface area contributed by atoms with Crippen molar-refractivity contribution in [2.24, 2.45) is 9.98 Å². The van der Waals surface area contributed by atoms with Gasteiger partial charge in [-0.25, -0.2) is 24.9 Å². The third-order valence-electron chi connectivity index (χ3n) is 20.5. The molecule has 0 bridgehead atoms. The van der Waals surface area contributed by atoms with Gasteiger partial charge in [0.1, 0.15) is 28.8 Å². The molecule has 2 aliphatic carbocycles. The molecule has 2 spiro atoms. The van der Waals surface area contributed by atoms with Gasteiger partial charge in [0.15, 0.2) is 29.5 Å². The average Bonchev–Trinajstić information content (AvgIpc) is 1.43. The van der Waals surface area contributed by atoms with E-state index in [2.05, 4.69) is 284 Å². The minimum atomic E-state index is -0.777. The number of aromatic nitrogens is 3. The summed E-state index contributed by atoms with van der Waals surface area (Å²) in [5, 5.41) is 6.09. The van der Waals surface area contributed by atoms with Gasteiger partial charge in [-0.2, -0.15) is 0 Å². The Morgan fingerprint density at radius 3 is 1.47 bits per heavy atom. The molecule has 15 aromatic rings. The van der Waals surface area contributed by atoms with Crippen LogP contribution in [0.25, 0.3) is 89.4 Å². The van der Waals surface area contributed by atoms with Gasteiger partial charge in [-0.05, 0) is 108 Å². The number of hydrogen-bond donors (Lipinski definition) is 1. The molecule has 8 nitrogen and oxygen atoms in total. The number of rotatable bonds is 8. The van der Waals surface area contributed by atoms with Crippen LogP contribution in [0.4, 0.5) is 0 Å². The molecule has 0 amide bonds. The van der Waals surface area contributed by atoms with Crippen molar-refractivity contribution in [3.05, 3.63) is 389 Å². The van der Waals surface area contributed by atoms with Gasteiger partial charge < -0.3 is 14.8 Å². The zero-order valence-electron chi connectivity index (χ0n) is 52.8. The number of benzene rings is 14. The lowest BCUT2D eigenvalue weighted by molar-refractivity contribution is 0.424. The van der Waals surface area contributed by atoms with Gasteiger partial charge in [-0.1, -0.05) is 297 Å². The van der Waals surface area contributed by atoms with E-state index in [-0.39, 0.29) is 0 Å². The molecule has 0 saturated carbocycles. The number of amidine groups is 2. The Kier molecular flexibility index (Phi) is 12.4. The summed E-state index contributed by atoms with van der Waals surface area (Å²) in [5.41, 5.74) is 22.3. The molecule has 0 fully saturated rings. The van der Waals surface area contributed by atoms with Gasteiger partial charge >= 0.3 is 0 Å². The molecule has 0 radical (unpaired) electrons. The second-order valence-corrected chi connectivity index (χ2v) is 25.7. The van der Waals surface area contributed by atoms with Gasteiger partial charge in [-0.15, -0.1) is 0 Å². The molecular formula is C90H56N6O2. The van der Waals surface area contributed by atoms with E-state index >= 15 is 0 Å². The average molecular weight is 1250 g/mol. The van der Waals surface area contributed by atoms with E-state index in [0.717, 1.165) is 112 Å². The normalized spacial score (nSPS) is 15.9. The quantitative estimate of drug-likeness (QED) is 0.163. The summed E-state index contributed by atoms with van der Waals surface area (Å²) >= 11 is 0.